The molecule has 0 radical (unpaired) electrons. The van der Waals surface area contributed by atoms with Crippen LogP contribution in [0.5, 0.6) is 0 Å². The van der Waals surface area contributed by atoms with E-state index in [1.165, 1.54) is 0 Å². The van der Waals surface area contributed by atoms with E-state index in [4.69, 9.17) is 0 Å². The Bertz CT molecular complexity index is 940. The van der Waals surface area contributed by atoms with Crippen molar-refractivity contribution in [1.29, 1.82) is 0 Å². The summed E-state index contributed by atoms with van der Waals surface area (Å²) in [6.07, 6.45) is 0.902. The van der Waals surface area contributed by atoms with E-state index in [1.54, 1.807) is 29.8 Å². The van der Waals surface area contributed by atoms with Gasteiger partial charge in [-0.05, 0) is 19.1 Å². The average molecular weight is 429 g/mol. The van der Waals surface area contributed by atoms with Crippen LogP contribution in [0, 0.1) is 21.7 Å². The highest BCUT2D eigenvalue weighted by Crippen LogP contribution is 2.29. The summed E-state index contributed by atoms with van der Waals surface area (Å²) in [5.74, 6) is -5.99. The number of amides is 1. The highest BCUT2D eigenvalue weighted by atomic mass is 19.3. The van der Waals surface area contributed by atoms with Crippen LogP contribution in [0.15, 0.2) is 29.0 Å². The second kappa shape index (κ2) is 7.92. The molecule has 1 atom stereocenters. The molecular weight excluding hydrogens is 410 g/mol. The summed E-state index contributed by atoms with van der Waals surface area (Å²) in [6, 6.07) is 0.506. The first-order valence-electron chi connectivity index (χ1n) is 9.09. The van der Waals surface area contributed by atoms with E-state index >= 15 is 0 Å². The second-order valence-corrected chi connectivity index (χ2v) is 7.15. The molecule has 8 nitrogen and oxygen atoms in total. The van der Waals surface area contributed by atoms with Gasteiger partial charge in [0, 0.05) is 33.0 Å². The number of aliphatic imine (C=N–C) groups is 1. The van der Waals surface area contributed by atoms with Crippen molar-refractivity contribution in [3.8, 4) is 0 Å². The summed E-state index contributed by atoms with van der Waals surface area (Å²) < 4.78 is 54.8. The predicted octanol–water partition coefficient (Wildman–Crippen LogP) is 2.87. The molecule has 1 saturated heterocycles. The summed E-state index contributed by atoms with van der Waals surface area (Å²) in [6.45, 7) is 1.93. The lowest BCUT2D eigenvalue weighted by Crippen LogP contribution is -2.52. The molecular formula is C18H19F4N5O3. The molecule has 0 aromatic heterocycles. The third-order valence-corrected chi connectivity index (χ3v) is 5.04. The second-order valence-electron chi connectivity index (χ2n) is 7.15. The number of benzene rings is 1. The van der Waals surface area contributed by atoms with Crippen molar-refractivity contribution in [2.75, 3.05) is 20.1 Å². The van der Waals surface area contributed by atoms with Gasteiger partial charge in [-0.25, -0.2) is 13.2 Å². The SMILES string of the molecule is CC1C=C(NC(=O)c2cc(F)c([N+](=O)[O-])cc2F)N=C(N2CCC(F)(F)CC2)N1C. The topological polar surface area (TPSA) is 91.1 Å². The number of carbonyl (C=O) groups is 1. The number of carbonyl (C=O) groups excluding carboxylic acids is 1. The number of likely N-dealkylation sites (tertiary alicyclic amines) is 1. The van der Waals surface area contributed by atoms with Crippen molar-refractivity contribution in [3.63, 3.8) is 0 Å². The van der Waals surface area contributed by atoms with Crippen molar-refractivity contribution >= 4 is 17.6 Å². The van der Waals surface area contributed by atoms with Gasteiger partial charge in [-0.3, -0.25) is 14.9 Å². The van der Waals surface area contributed by atoms with E-state index in [-0.39, 0.29) is 37.8 Å². The number of nitrogens with zero attached hydrogens (tertiary/aromatic N) is 4. The van der Waals surface area contributed by atoms with Crippen molar-refractivity contribution in [1.82, 2.24) is 15.1 Å². The van der Waals surface area contributed by atoms with Crippen molar-refractivity contribution in [2.24, 2.45) is 4.99 Å². The molecule has 1 aromatic rings. The quantitative estimate of drug-likeness (QED) is 0.453. The first-order valence-corrected chi connectivity index (χ1v) is 9.09. The van der Waals surface area contributed by atoms with Gasteiger partial charge in [-0.15, -0.1) is 0 Å². The number of nitro benzene ring substituents is 1. The van der Waals surface area contributed by atoms with E-state index in [0.717, 1.165) is 0 Å². The summed E-state index contributed by atoms with van der Waals surface area (Å²) in [4.78, 5) is 29.7. The lowest BCUT2D eigenvalue weighted by Gasteiger charge is -2.40. The molecule has 1 aromatic carbocycles. The first kappa shape index (κ1) is 21.5. The fourth-order valence-electron chi connectivity index (χ4n) is 3.18. The number of rotatable bonds is 3. The number of hydrogen-bond donors (Lipinski definition) is 1. The Kier molecular flexibility index (Phi) is 5.68. The fourth-order valence-corrected chi connectivity index (χ4v) is 3.18. The molecule has 2 aliphatic heterocycles. The van der Waals surface area contributed by atoms with Crippen molar-refractivity contribution < 1.29 is 27.3 Å². The number of hydrogen-bond acceptors (Lipinski definition) is 6. The summed E-state index contributed by atoms with van der Waals surface area (Å²) >= 11 is 0. The van der Waals surface area contributed by atoms with E-state index in [2.05, 4.69) is 10.3 Å². The van der Waals surface area contributed by atoms with Crippen LogP contribution in [0.3, 0.4) is 0 Å². The molecule has 0 spiro atoms. The molecule has 0 bridgehead atoms. The first-order chi connectivity index (χ1) is 14.0. The summed E-state index contributed by atoms with van der Waals surface area (Å²) in [5, 5.41) is 13.0. The van der Waals surface area contributed by atoms with Crippen LogP contribution in [0.25, 0.3) is 0 Å². The van der Waals surface area contributed by atoms with Gasteiger partial charge in [0.2, 0.25) is 11.8 Å². The normalized spacial score (nSPS) is 21.1. The molecule has 162 valence electrons. The zero-order valence-electron chi connectivity index (χ0n) is 16.2. The van der Waals surface area contributed by atoms with Gasteiger partial charge in [0.1, 0.15) is 11.6 Å². The van der Waals surface area contributed by atoms with E-state index in [9.17, 15) is 32.5 Å². The van der Waals surface area contributed by atoms with Gasteiger partial charge in [0.25, 0.3) is 11.8 Å². The maximum atomic E-state index is 14.1. The smallest absolute Gasteiger partial charge is 0.307 e. The predicted molar refractivity (Wildman–Crippen MR) is 99.0 cm³/mol. The Labute approximate surface area is 169 Å². The third kappa shape index (κ3) is 4.36. The lowest BCUT2D eigenvalue weighted by atomic mass is 10.1. The number of nitro groups is 1. The molecule has 1 unspecified atom stereocenters. The van der Waals surface area contributed by atoms with Crippen LogP contribution in [0.4, 0.5) is 23.2 Å². The standard InChI is InChI=1S/C18H19F4N5O3/c1-10-7-15(24-17(25(10)2)26-5-3-18(21,22)4-6-26)23-16(28)11-8-13(20)14(27(29)30)9-12(11)19/h7-10H,3-6H2,1-2H3,(H,23,28). The maximum absolute atomic E-state index is 14.1. The Morgan fingerprint density at radius 1 is 1.27 bits per heavy atom. The summed E-state index contributed by atoms with van der Waals surface area (Å²) in [7, 11) is 1.72. The Hall–Kier alpha value is -3.18. The number of alkyl halides is 2. The Morgan fingerprint density at radius 2 is 1.90 bits per heavy atom. The minimum atomic E-state index is -2.74. The van der Waals surface area contributed by atoms with Crippen LogP contribution in [0.1, 0.15) is 30.1 Å². The van der Waals surface area contributed by atoms with Gasteiger partial charge in [-0.1, -0.05) is 0 Å². The molecule has 0 saturated carbocycles. The minimum Gasteiger partial charge on any atom is -0.342 e. The number of piperidine rings is 1. The lowest BCUT2D eigenvalue weighted by molar-refractivity contribution is -0.387. The van der Waals surface area contributed by atoms with Crippen LogP contribution in [-0.4, -0.2) is 58.7 Å². The number of halogens is 4. The van der Waals surface area contributed by atoms with Crippen LogP contribution in [0.2, 0.25) is 0 Å². The van der Waals surface area contributed by atoms with Gasteiger partial charge in [0.15, 0.2) is 0 Å². The number of likely N-dealkylation sites (N-methyl/N-ethyl adjacent to an activating group) is 1. The van der Waals surface area contributed by atoms with Crippen molar-refractivity contribution in [2.45, 2.75) is 31.7 Å². The summed E-state index contributed by atoms with van der Waals surface area (Å²) in [5.41, 5.74) is -1.81. The average Bonchev–Trinajstić information content (AvgIpc) is 2.66. The van der Waals surface area contributed by atoms with Gasteiger partial charge >= 0.3 is 5.69 Å². The monoisotopic (exact) mass is 429 g/mol. The zero-order chi connectivity index (χ0) is 22.2. The Morgan fingerprint density at radius 3 is 2.50 bits per heavy atom. The van der Waals surface area contributed by atoms with Crippen LogP contribution < -0.4 is 5.32 Å². The molecule has 2 heterocycles. The molecule has 1 amide bonds. The highest BCUT2D eigenvalue weighted by molar-refractivity contribution is 5.96. The number of nitrogens with one attached hydrogen (secondary N) is 1. The zero-order valence-corrected chi connectivity index (χ0v) is 16.2. The molecule has 0 aliphatic carbocycles. The van der Waals surface area contributed by atoms with Gasteiger partial charge < -0.3 is 15.1 Å². The molecule has 12 heteroatoms. The molecule has 1 N–H and O–H groups in total. The van der Waals surface area contributed by atoms with Crippen molar-refractivity contribution in [3.05, 3.63) is 51.3 Å². The van der Waals surface area contributed by atoms with Gasteiger partial charge in [-0.2, -0.15) is 9.38 Å². The Balaban J connectivity index is 1.81. The van der Waals surface area contributed by atoms with Gasteiger partial charge in [0.05, 0.1) is 22.6 Å². The molecule has 1 fully saturated rings. The molecule has 3 rings (SSSR count). The maximum Gasteiger partial charge on any atom is 0.307 e. The highest BCUT2D eigenvalue weighted by Gasteiger charge is 2.37. The minimum absolute atomic E-state index is 0.0381. The molecule has 2 aliphatic rings. The third-order valence-electron chi connectivity index (χ3n) is 5.04. The van der Waals surface area contributed by atoms with Crippen LogP contribution >= 0.6 is 0 Å². The largest absolute Gasteiger partial charge is 0.342 e. The van der Waals surface area contributed by atoms with E-state index < -0.39 is 39.6 Å². The van der Waals surface area contributed by atoms with Crippen LogP contribution in [-0.2, 0) is 0 Å². The number of guanidine groups is 1. The molecule has 30 heavy (non-hydrogen) atoms. The fraction of sp³-hybridized carbons (Fsp3) is 0.444. The van der Waals surface area contributed by atoms with E-state index in [0.29, 0.717) is 18.1 Å². The van der Waals surface area contributed by atoms with E-state index in [1.807, 2.05) is 0 Å².